The first-order chi connectivity index (χ1) is 18.4. The summed E-state index contributed by atoms with van der Waals surface area (Å²) >= 11 is 0. The minimum absolute atomic E-state index is 0.132. The van der Waals surface area contributed by atoms with E-state index in [0.717, 1.165) is 18.4 Å². The number of nitrogens with one attached hydrogen (secondary N) is 3. The molecule has 1 fully saturated rings. The van der Waals surface area contributed by atoms with Crippen LogP contribution in [0.15, 0.2) is 54.9 Å². The number of aryl methyl sites for hydroxylation is 1. The van der Waals surface area contributed by atoms with E-state index in [2.05, 4.69) is 30.8 Å². The molecule has 1 aliphatic rings. The number of pyridine rings is 2. The lowest BCUT2D eigenvalue weighted by atomic mass is 10.1. The predicted molar refractivity (Wildman–Crippen MR) is 140 cm³/mol. The van der Waals surface area contributed by atoms with Gasteiger partial charge in [-0.05, 0) is 61.7 Å². The Balaban J connectivity index is 1.30. The van der Waals surface area contributed by atoms with Crippen molar-refractivity contribution in [2.45, 2.75) is 25.8 Å². The number of carbonyl (C=O) groups excluding carboxylic acids is 3. The third-order valence-corrected chi connectivity index (χ3v) is 6.18. The topological polar surface area (TPSA) is 168 Å². The van der Waals surface area contributed by atoms with Crippen molar-refractivity contribution in [2.24, 2.45) is 5.73 Å². The SMILES string of the molecule is Cc1ccnc(NC(=O)c2ccc(Oc3ccnc4[nH]nc(N[C@@H]5CCCN(C(=O)C(N)=O)C5)c34)cc2)c1. The molecule has 5 rings (SSSR count). The summed E-state index contributed by atoms with van der Waals surface area (Å²) in [7, 11) is 0. The number of aromatic amines is 1. The number of aromatic nitrogens is 4. The maximum absolute atomic E-state index is 12.6. The monoisotopic (exact) mass is 514 g/mol. The molecule has 4 aromatic rings. The van der Waals surface area contributed by atoms with Crippen LogP contribution >= 0.6 is 0 Å². The number of primary amides is 1. The number of carbonyl (C=O) groups is 3. The maximum Gasteiger partial charge on any atom is 0.311 e. The quantitative estimate of drug-likeness (QED) is 0.285. The van der Waals surface area contributed by atoms with Gasteiger partial charge in [0.05, 0.1) is 0 Å². The van der Waals surface area contributed by atoms with Gasteiger partial charge in [0, 0.05) is 43.2 Å². The summed E-state index contributed by atoms with van der Waals surface area (Å²) in [4.78, 5) is 45.9. The van der Waals surface area contributed by atoms with Crippen molar-refractivity contribution in [1.29, 1.82) is 0 Å². The Morgan fingerprint density at radius 3 is 2.66 bits per heavy atom. The number of fused-ring (bicyclic) bond motifs is 1. The number of hydrogen-bond acceptors (Lipinski definition) is 8. The normalized spacial score (nSPS) is 15.2. The molecule has 4 heterocycles. The van der Waals surface area contributed by atoms with Crippen molar-refractivity contribution in [1.82, 2.24) is 25.1 Å². The van der Waals surface area contributed by atoms with Crippen LogP contribution in [0.2, 0.25) is 0 Å². The van der Waals surface area contributed by atoms with E-state index in [1.807, 2.05) is 13.0 Å². The first kappa shape index (κ1) is 24.7. The molecular formula is C26H26N8O4. The van der Waals surface area contributed by atoms with Gasteiger partial charge in [0.15, 0.2) is 11.5 Å². The van der Waals surface area contributed by atoms with Crippen LogP contribution in [0.5, 0.6) is 11.5 Å². The molecule has 5 N–H and O–H groups in total. The molecule has 0 spiro atoms. The van der Waals surface area contributed by atoms with Gasteiger partial charge in [-0.25, -0.2) is 9.97 Å². The van der Waals surface area contributed by atoms with Crippen LogP contribution in [0.4, 0.5) is 11.6 Å². The standard InChI is InChI=1S/C26H26N8O4/c1-15-8-10-28-20(13-15)31-25(36)16-4-6-18(7-5-16)38-19-9-11-29-23-21(19)24(33-32-23)30-17-3-2-12-34(14-17)26(37)22(27)35/h4-11,13,17H,2-3,12,14H2,1H3,(H2,27,35)(H,28,31,36)(H2,29,30,32,33)/t17-/m1/s1. The minimum atomic E-state index is -0.967. The summed E-state index contributed by atoms with van der Waals surface area (Å²) in [6, 6.07) is 12.0. The van der Waals surface area contributed by atoms with Crippen molar-refractivity contribution in [2.75, 3.05) is 23.7 Å². The van der Waals surface area contributed by atoms with Crippen molar-refractivity contribution in [3.05, 3.63) is 66.0 Å². The highest BCUT2D eigenvalue weighted by Crippen LogP contribution is 2.33. The Hall–Kier alpha value is -5.00. The Bertz CT molecular complexity index is 1500. The van der Waals surface area contributed by atoms with Gasteiger partial charge in [-0.1, -0.05) is 0 Å². The average molecular weight is 515 g/mol. The maximum atomic E-state index is 12.6. The van der Waals surface area contributed by atoms with E-state index in [1.54, 1.807) is 48.8 Å². The van der Waals surface area contributed by atoms with E-state index in [9.17, 15) is 14.4 Å². The van der Waals surface area contributed by atoms with E-state index < -0.39 is 11.8 Å². The highest BCUT2D eigenvalue weighted by molar-refractivity contribution is 6.34. The molecule has 0 saturated carbocycles. The Labute approximate surface area is 217 Å². The predicted octanol–water partition coefficient (Wildman–Crippen LogP) is 2.59. The number of amides is 3. The third kappa shape index (κ3) is 5.38. The van der Waals surface area contributed by atoms with Gasteiger partial charge in [0.1, 0.15) is 22.7 Å². The van der Waals surface area contributed by atoms with E-state index in [0.29, 0.717) is 52.8 Å². The van der Waals surface area contributed by atoms with Gasteiger partial charge in [0.25, 0.3) is 5.91 Å². The molecule has 1 aromatic carbocycles. The molecule has 1 saturated heterocycles. The highest BCUT2D eigenvalue weighted by Gasteiger charge is 2.27. The van der Waals surface area contributed by atoms with Gasteiger partial charge in [0.2, 0.25) is 0 Å². The molecule has 0 radical (unpaired) electrons. The third-order valence-electron chi connectivity index (χ3n) is 6.18. The number of ether oxygens (including phenoxy) is 1. The van der Waals surface area contributed by atoms with Crippen LogP contribution in [-0.2, 0) is 9.59 Å². The molecule has 38 heavy (non-hydrogen) atoms. The van der Waals surface area contributed by atoms with Gasteiger partial charge in [-0.2, -0.15) is 5.10 Å². The molecule has 0 unspecified atom stereocenters. The largest absolute Gasteiger partial charge is 0.456 e. The lowest BCUT2D eigenvalue weighted by molar-refractivity contribution is -0.144. The number of piperidine rings is 1. The molecule has 3 aromatic heterocycles. The zero-order valence-electron chi connectivity index (χ0n) is 20.6. The lowest BCUT2D eigenvalue weighted by Crippen LogP contribution is -2.49. The van der Waals surface area contributed by atoms with Crippen LogP contribution in [0.3, 0.4) is 0 Å². The second-order valence-corrected chi connectivity index (χ2v) is 9.00. The van der Waals surface area contributed by atoms with E-state index >= 15 is 0 Å². The lowest BCUT2D eigenvalue weighted by Gasteiger charge is -2.32. The van der Waals surface area contributed by atoms with E-state index in [1.165, 1.54) is 4.90 Å². The molecule has 12 heteroatoms. The average Bonchev–Trinajstić information content (AvgIpc) is 3.32. The molecule has 0 aliphatic carbocycles. The Morgan fingerprint density at radius 1 is 1.11 bits per heavy atom. The van der Waals surface area contributed by atoms with Gasteiger partial charge in [-0.3, -0.25) is 19.5 Å². The second-order valence-electron chi connectivity index (χ2n) is 9.00. The summed E-state index contributed by atoms with van der Waals surface area (Å²) in [6.45, 7) is 2.73. The molecule has 194 valence electrons. The van der Waals surface area contributed by atoms with Crippen LogP contribution < -0.4 is 21.1 Å². The van der Waals surface area contributed by atoms with Crippen molar-refractivity contribution < 1.29 is 19.1 Å². The fraction of sp³-hybridized carbons (Fsp3) is 0.231. The first-order valence-corrected chi connectivity index (χ1v) is 12.1. The Kier molecular flexibility index (Phi) is 6.85. The second kappa shape index (κ2) is 10.5. The van der Waals surface area contributed by atoms with Gasteiger partial charge < -0.3 is 26.0 Å². The summed E-state index contributed by atoms with van der Waals surface area (Å²) in [5.74, 6) is 0.0859. The summed E-state index contributed by atoms with van der Waals surface area (Å²) in [5, 5.41) is 14.0. The van der Waals surface area contributed by atoms with Crippen LogP contribution in [0.25, 0.3) is 11.0 Å². The Morgan fingerprint density at radius 2 is 1.89 bits per heavy atom. The van der Waals surface area contributed by atoms with Gasteiger partial charge in [-0.15, -0.1) is 0 Å². The van der Waals surface area contributed by atoms with Crippen LogP contribution in [-0.4, -0.2) is 61.9 Å². The van der Waals surface area contributed by atoms with Crippen LogP contribution in [0.1, 0.15) is 28.8 Å². The zero-order chi connectivity index (χ0) is 26.6. The summed E-state index contributed by atoms with van der Waals surface area (Å²) in [5.41, 5.74) is 7.14. The smallest absolute Gasteiger partial charge is 0.311 e. The number of nitrogens with two attached hydrogens (primary N) is 1. The molecule has 1 atom stereocenters. The molecule has 0 bridgehead atoms. The fourth-order valence-electron chi connectivity index (χ4n) is 4.33. The number of H-pyrrole nitrogens is 1. The first-order valence-electron chi connectivity index (χ1n) is 12.1. The van der Waals surface area contributed by atoms with Gasteiger partial charge >= 0.3 is 11.8 Å². The number of anilines is 2. The van der Waals surface area contributed by atoms with Crippen molar-refractivity contribution in [3.8, 4) is 11.5 Å². The summed E-state index contributed by atoms with van der Waals surface area (Å²) in [6.07, 6.45) is 4.75. The number of rotatable bonds is 6. The van der Waals surface area contributed by atoms with Crippen molar-refractivity contribution in [3.63, 3.8) is 0 Å². The fourth-order valence-corrected chi connectivity index (χ4v) is 4.33. The molecule has 3 amide bonds. The zero-order valence-corrected chi connectivity index (χ0v) is 20.6. The number of nitrogens with zero attached hydrogens (tertiary/aromatic N) is 4. The molecular weight excluding hydrogens is 488 g/mol. The molecule has 1 aliphatic heterocycles. The highest BCUT2D eigenvalue weighted by atomic mass is 16.5. The summed E-state index contributed by atoms with van der Waals surface area (Å²) < 4.78 is 6.13. The van der Waals surface area contributed by atoms with E-state index in [-0.39, 0.29) is 11.9 Å². The van der Waals surface area contributed by atoms with E-state index in [4.69, 9.17) is 10.5 Å². The number of hydrogen-bond donors (Lipinski definition) is 4. The van der Waals surface area contributed by atoms with Crippen molar-refractivity contribution >= 4 is 40.4 Å². The number of likely N-dealkylation sites (tertiary alicyclic amines) is 1. The van der Waals surface area contributed by atoms with Crippen LogP contribution in [0, 0.1) is 6.92 Å². The minimum Gasteiger partial charge on any atom is -0.456 e. The number of benzene rings is 1. The molecule has 12 nitrogen and oxygen atoms in total.